The summed E-state index contributed by atoms with van der Waals surface area (Å²) in [4.78, 5) is 28.0. The van der Waals surface area contributed by atoms with E-state index in [-0.39, 0.29) is 18.4 Å². The van der Waals surface area contributed by atoms with Crippen molar-refractivity contribution in [3.05, 3.63) is 106 Å². The van der Waals surface area contributed by atoms with Gasteiger partial charge in [-0.25, -0.2) is 0 Å². The van der Waals surface area contributed by atoms with Gasteiger partial charge in [-0.2, -0.15) is 11.8 Å². The number of carbonyl (C=O) groups excluding carboxylic acids is 2. The van der Waals surface area contributed by atoms with Crippen LogP contribution in [0, 0.1) is 0 Å². The van der Waals surface area contributed by atoms with Crippen LogP contribution >= 0.6 is 35.0 Å². The number of halogens is 2. The third-order valence-electron chi connectivity index (χ3n) is 5.45. The van der Waals surface area contributed by atoms with Crippen LogP contribution in [0.25, 0.3) is 0 Å². The van der Waals surface area contributed by atoms with Crippen molar-refractivity contribution in [2.24, 2.45) is 0 Å². The predicted octanol–water partition coefficient (Wildman–Crippen LogP) is 6.00. The van der Waals surface area contributed by atoms with E-state index in [1.807, 2.05) is 48.5 Å². The monoisotopic (exact) mass is 514 g/mol. The predicted molar refractivity (Wildman–Crippen MR) is 142 cm³/mol. The highest BCUT2D eigenvalue weighted by Gasteiger charge is 2.30. The number of benzene rings is 3. The van der Waals surface area contributed by atoms with E-state index in [2.05, 4.69) is 17.4 Å². The van der Waals surface area contributed by atoms with Gasteiger partial charge in [0.2, 0.25) is 11.8 Å². The number of carbonyl (C=O) groups is 2. The van der Waals surface area contributed by atoms with E-state index in [0.29, 0.717) is 28.6 Å². The minimum Gasteiger partial charge on any atom is -0.357 e. The van der Waals surface area contributed by atoms with Crippen LogP contribution in [-0.4, -0.2) is 35.6 Å². The van der Waals surface area contributed by atoms with E-state index < -0.39 is 6.04 Å². The summed E-state index contributed by atoms with van der Waals surface area (Å²) in [7, 11) is 1.59. The van der Waals surface area contributed by atoms with Crippen LogP contribution in [0.1, 0.15) is 23.1 Å². The van der Waals surface area contributed by atoms with Gasteiger partial charge in [0.1, 0.15) is 6.04 Å². The van der Waals surface area contributed by atoms with Crippen molar-refractivity contribution in [1.82, 2.24) is 10.2 Å². The third kappa shape index (κ3) is 7.79. The zero-order valence-corrected chi connectivity index (χ0v) is 21.4. The molecule has 3 aromatic rings. The molecule has 3 aromatic carbocycles. The fraction of sp³-hybridized carbons (Fsp3) is 0.259. The molecule has 4 nitrogen and oxygen atoms in total. The van der Waals surface area contributed by atoms with Crippen LogP contribution in [0.4, 0.5) is 0 Å². The van der Waals surface area contributed by atoms with Gasteiger partial charge >= 0.3 is 0 Å². The van der Waals surface area contributed by atoms with Gasteiger partial charge in [-0.15, -0.1) is 0 Å². The molecule has 1 N–H and O–H groups in total. The number of likely N-dealkylation sites (N-methyl/N-ethyl adjacent to an activating group) is 1. The van der Waals surface area contributed by atoms with Gasteiger partial charge in [0, 0.05) is 48.0 Å². The quantitative estimate of drug-likeness (QED) is 0.319. The van der Waals surface area contributed by atoms with Gasteiger partial charge in [0.25, 0.3) is 0 Å². The molecule has 3 rings (SSSR count). The molecule has 0 aliphatic rings. The van der Waals surface area contributed by atoms with Crippen molar-refractivity contribution in [2.45, 2.75) is 31.2 Å². The van der Waals surface area contributed by atoms with Crippen molar-refractivity contribution in [3.63, 3.8) is 0 Å². The van der Waals surface area contributed by atoms with Gasteiger partial charge in [-0.05, 0) is 28.8 Å². The molecule has 0 spiro atoms. The zero-order valence-electron chi connectivity index (χ0n) is 19.0. The summed E-state index contributed by atoms with van der Waals surface area (Å²) in [6, 6.07) is 24.4. The minimum atomic E-state index is -0.661. The fourth-order valence-corrected chi connectivity index (χ4v) is 4.98. The van der Waals surface area contributed by atoms with Crippen LogP contribution in [0.15, 0.2) is 78.9 Å². The molecule has 7 heteroatoms. The Hall–Kier alpha value is -2.47. The molecule has 1 atom stereocenters. The van der Waals surface area contributed by atoms with E-state index in [4.69, 9.17) is 23.2 Å². The minimum absolute atomic E-state index is 0.0869. The van der Waals surface area contributed by atoms with Gasteiger partial charge in [-0.1, -0.05) is 89.9 Å². The summed E-state index contributed by atoms with van der Waals surface area (Å²) in [5.41, 5.74) is 2.95. The highest BCUT2D eigenvalue weighted by atomic mass is 35.5. The first-order valence-corrected chi connectivity index (χ1v) is 13.0. The Morgan fingerprint density at radius 3 is 2.21 bits per heavy atom. The Bertz CT molecular complexity index is 1080. The topological polar surface area (TPSA) is 49.4 Å². The van der Waals surface area contributed by atoms with Crippen molar-refractivity contribution in [1.29, 1.82) is 0 Å². The van der Waals surface area contributed by atoms with E-state index in [1.54, 1.807) is 41.9 Å². The standard InChI is InChI=1S/C27H28Cl2N2O2S/c1-30-27(33)25(16-20-8-4-2-5-9-20)31(18-22-12-13-23(28)17-24(22)29)26(32)14-15-34-19-21-10-6-3-7-11-21/h2-13,17,25H,14-16,18-19H2,1H3,(H,30,33)/t25-/m1/s1. The molecule has 0 aliphatic carbocycles. The molecule has 2 amide bonds. The molecule has 0 aliphatic heterocycles. The summed E-state index contributed by atoms with van der Waals surface area (Å²) in [5.74, 6) is 1.19. The average molecular weight is 516 g/mol. The van der Waals surface area contributed by atoms with Crippen molar-refractivity contribution >= 4 is 46.8 Å². The number of nitrogens with one attached hydrogen (secondary N) is 1. The molecule has 0 saturated carbocycles. The van der Waals surface area contributed by atoms with Gasteiger partial charge in [0.15, 0.2) is 0 Å². The number of thioether (sulfide) groups is 1. The molecular formula is C27H28Cl2N2O2S. The van der Waals surface area contributed by atoms with E-state index >= 15 is 0 Å². The number of hydrogen-bond acceptors (Lipinski definition) is 3. The summed E-state index contributed by atoms with van der Waals surface area (Å²) in [6.45, 7) is 0.225. The number of rotatable bonds is 11. The van der Waals surface area contributed by atoms with E-state index in [0.717, 1.165) is 16.9 Å². The maximum atomic E-state index is 13.5. The number of hydrogen-bond donors (Lipinski definition) is 1. The van der Waals surface area contributed by atoms with Crippen LogP contribution in [0.2, 0.25) is 10.0 Å². The lowest BCUT2D eigenvalue weighted by Gasteiger charge is -2.31. The Morgan fingerprint density at radius 1 is 0.941 bits per heavy atom. The lowest BCUT2D eigenvalue weighted by molar-refractivity contribution is -0.140. The smallest absolute Gasteiger partial charge is 0.242 e. The highest BCUT2D eigenvalue weighted by Crippen LogP contribution is 2.25. The molecule has 0 bridgehead atoms. The van der Waals surface area contributed by atoms with E-state index in [9.17, 15) is 9.59 Å². The molecule has 0 unspecified atom stereocenters. The van der Waals surface area contributed by atoms with Crippen molar-refractivity contribution in [3.8, 4) is 0 Å². The lowest BCUT2D eigenvalue weighted by Crippen LogP contribution is -2.49. The SMILES string of the molecule is CNC(=O)[C@@H](Cc1ccccc1)N(Cc1ccc(Cl)cc1Cl)C(=O)CCSCc1ccccc1. The first-order valence-electron chi connectivity index (χ1n) is 11.1. The van der Waals surface area contributed by atoms with Crippen LogP contribution in [-0.2, 0) is 28.3 Å². The third-order valence-corrected chi connectivity index (χ3v) is 7.06. The summed E-state index contributed by atoms with van der Waals surface area (Å²) >= 11 is 14.2. The molecule has 0 heterocycles. The van der Waals surface area contributed by atoms with Crippen molar-refractivity contribution < 1.29 is 9.59 Å². The molecule has 0 radical (unpaired) electrons. The van der Waals surface area contributed by atoms with Crippen LogP contribution in [0.3, 0.4) is 0 Å². The second-order valence-corrected chi connectivity index (χ2v) is 9.81. The lowest BCUT2D eigenvalue weighted by atomic mass is 10.0. The largest absolute Gasteiger partial charge is 0.357 e. The zero-order chi connectivity index (χ0) is 24.3. The summed E-state index contributed by atoms with van der Waals surface area (Å²) in [6.07, 6.45) is 0.736. The Morgan fingerprint density at radius 2 is 1.59 bits per heavy atom. The molecule has 178 valence electrons. The molecular weight excluding hydrogens is 487 g/mol. The first-order chi connectivity index (χ1) is 16.5. The Labute approximate surface area is 215 Å². The maximum Gasteiger partial charge on any atom is 0.242 e. The second-order valence-electron chi connectivity index (χ2n) is 7.87. The summed E-state index contributed by atoms with van der Waals surface area (Å²) < 4.78 is 0. The fourth-order valence-electron chi connectivity index (χ4n) is 3.62. The number of amides is 2. The normalized spacial score (nSPS) is 11.6. The second kappa shape index (κ2) is 13.4. The summed E-state index contributed by atoms with van der Waals surface area (Å²) in [5, 5.41) is 3.72. The highest BCUT2D eigenvalue weighted by molar-refractivity contribution is 7.98. The molecule has 0 saturated heterocycles. The van der Waals surface area contributed by atoms with E-state index in [1.165, 1.54) is 5.56 Å². The van der Waals surface area contributed by atoms with Crippen molar-refractivity contribution in [2.75, 3.05) is 12.8 Å². The Kier molecular flexibility index (Phi) is 10.3. The van der Waals surface area contributed by atoms with Gasteiger partial charge < -0.3 is 10.2 Å². The van der Waals surface area contributed by atoms with Crippen LogP contribution in [0.5, 0.6) is 0 Å². The average Bonchev–Trinajstić information content (AvgIpc) is 2.86. The van der Waals surface area contributed by atoms with Gasteiger partial charge in [-0.3, -0.25) is 9.59 Å². The molecule has 0 fully saturated rings. The first kappa shape index (κ1) is 26.1. The maximum absolute atomic E-state index is 13.5. The molecule has 0 aromatic heterocycles. The molecule has 34 heavy (non-hydrogen) atoms. The number of nitrogens with zero attached hydrogens (tertiary/aromatic N) is 1. The van der Waals surface area contributed by atoms with Crippen LogP contribution < -0.4 is 5.32 Å². The Balaban J connectivity index is 1.78. The van der Waals surface area contributed by atoms with Gasteiger partial charge in [0.05, 0.1) is 0 Å².